The van der Waals surface area contributed by atoms with E-state index in [-0.39, 0.29) is 10.2 Å². The Kier molecular flexibility index (Phi) is 3.94. The predicted octanol–water partition coefficient (Wildman–Crippen LogP) is 2.80. The molecule has 1 saturated carbocycles. The molecule has 0 aromatic carbocycles. The van der Waals surface area contributed by atoms with Gasteiger partial charge in [0.15, 0.2) is 10.2 Å². The standard InChI is InChI=1S/C14H18ClN3O2S/c1-2-17(10-11-6-5-7-11)21(19,20)14-13(15)16-12-8-3-4-9-18(12)14/h3-4,8-9,11H,2,5-7,10H2,1H3. The van der Waals surface area contributed by atoms with Crippen molar-refractivity contribution in [2.24, 2.45) is 5.92 Å². The van der Waals surface area contributed by atoms with Crippen molar-refractivity contribution in [1.82, 2.24) is 13.7 Å². The number of nitrogens with zero attached hydrogens (tertiary/aromatic N) is 3. The monoisotopic (exact) mass is 327 g/mol. The minimum atomic E-state index is -3.63. The van der Waals surface area contributed by atoms with E-state index < -0.39 is 10.0 Å². The van der Waals surface area contributed by atoms with E-state index in [0.29, 0.717) is 24.7 Å². The number of imidazole rings is 1. The predicted molar refractivity (Wildman–Crippen MR) is 82.0 cm³/mol. The van der Waals surface area contributed by atoms with Gasteiger partial charge in [0.05, 0.1) is 0 Å². The molecule has 0 unspecified atom stereocenters. The van der Waals surface area contributed by atoms with Crippen LogP contribution in [0.25, 0.3) is 5.65 Å². The highest BCUT2D eigenvalue weighted by Gasteiger charge is 2.32. The van der Waals surface area contributed by atoms with Gasteiger partial charge in [0.25, 0.3) is 10.0 Å². The number of aromatic nitrogens is 2. The Bertz CT molecular complexity index is 753. The molecule has 5 nitrogen and oxygen atoms in total. The Balaban J connectivity index is 2.04. The van der Waals surface area contributed by atoms with Gasteiger partial charge in [-0.15, -0.1) is 0 Å². The van der Waals surface area contributed by atoms with Crippen molar-refractivity contribution in [2.75, 3.05) is 13.1 Å². The molecule has 0 saturated heterocycles. The largest absolute Gasteiger partial charge is 0.288 e. The van der Waals surface area contributed by atoms with Crippen molar-refractivity contribution in [3.63, 3.8) is 0 Å². The van der Waals surface area contributed by atoms with Gasteiger partial charge in [-0.2, -0.15) is 4.31 Å². The summed E-state index contributed by atoms with van der Waals surface area (Å²) in [4.78, 5) is 4.13. The van der Waals surface area contributed by atoms with Crippen LogP contribution < -0.4 is 0 Å². The number of hydrogen-bond acceptors (Lipinski definition) is 3. The maximum atomic E-state index is 12.9. The van der Waals surface area contributed by atoms with Crippen molar-refractivity contribution in [3.05, 3.63) is 29.5 Å². The summed E-state index contributed by atoms with van der Waals surface area (Å²) in [6, 6.07) is 5.32. The van der Waals surface area contributed by atoms with Gasteiger partial charge in [0.2, 0.25) is 0 Å². The zero-order chi connectivity index (χ0) is 15.0. The molecule has 1 aliphatic rings. The van der Waals surface area contributed by atoms with E-state index >= 15 is 0 Å². The van der Waals surface area contributed by atoms with Gasteiger partial charge < -0.3 is 0 Å². The summed E-state index contributed by atoms with van der Waals surface area (Å²) in [5.74, 6) is 0.470. The summed E-state index contributed by atoms with van der Waals surface area (Å²) >= 11 is 6.10. The molecule has 2 aromatic heterocycles. The molecule has 0 radical (unpaired) electrons. The molecule has 0 aliphatic heterocycles. The van der Waals surface area contributed by atoms with E-state index in [9.17, 15) is 8.42 Å². The molecule has 0 bridgehead atoms. The van der Waals surface area contributed by atoms with Crippen LogP contribution in [0.2, 0.25) is 5.15 Å². The topological polar surface area (TPSA) is 54.7 Å². The molecule has 0 amide bonds. The molecule has 2 heterocycles. The third kappa shape index (κ3) is 2.56. The SMILES string of the molecule is CCN(CC1CCC1)S(=O)(=O)c1c(Cl)nc2ccccn12. The van der Waals surface area contributed by atoms with E-state index in [1.807, 2.05) is 6.92 Å². The fourth-order valence-electron chi connectivity index (χ4n) is 2.66. The van der Waals surface area contributed by atoms with Crippen molar-refractivity contribution < 1.29 is 8.42 Å². The Morgan fingerprint density at radius 2 is 2.19 bits per heavy atom. The molecule has 2 aromatic rings. The Labute approximate surface area is 129 Å². The fraction of sp³-hybridized carbons (Fsp3) is 0.500. The average molecular weight is 328 g/mol. The summed E-state index contributed by atoms with van der Waals surface area (Å²) in [6.45, 7) is 2.86. The highest BCUT2D eigenvalue weighted by molar-refractivity contribution is 7.89. The lowest BCUT2D eigenvalue weighted by Gasteiger charge is -2.31. The lowest BCUT2D eigenvalue weighted by atomic mass is 9.85. The fourth-order valence-corrected chi connectivity index (χ4v) is 4.78. The van der Waals surface area contributed by atoms with Gasteiger partial charge in [-0.1, -0.05) is 31.0 Å². The minimum Gasteiger partial charge on any atom is -0.288 e. The Hall–Kier alpha value is -1.11. The van der Waals surface area contributed by atoms with Crippen LogP contribution in [-0.2, 0) is 10.0 Å². The van der Waals surface area contributed by atoms with E-state index in [0.717, 1.165) is 12.8 Å². The van der Waals surface area contributed by atoms with Gasteiger partial charge in [0, 0.05) is 19.3 Å². The zero-order valence-corrected chi connectivity index (χ0v) is 13.4. The summed E-state index contributed by atoms with van der Waals surface area (Å²) in [5.41, 5.74) is 0.542. The molecule has 1 aliphatic carbocycles. The molecule has 0 spiro atoms. The molecule has 21 heavy (non-hydrogen) atoms. The second-order valence-corrected chi connectivity index (χ2v) is 7.60. The van der Waals surface area contributed by atoms with Crippen LogP contribution in [0, 0.1) is 5.92 Å². The first-order chi connectivity index (χ1) is 10.0. The van der Waals surface area contributed by atoms with Crippen molar-refractivity contribution >= 4 is 27.3 Å². The first-order valence-corrected chi connectivity index (χ1v) is 8.98. The van der Waals surface area contributed by atoms with E-state index in [1.165, 1.54) is 10.7 Å². The molecule has 114 valence electrons. The first kappa shape index (κ1) is 14.8. The van der Waals surface area contributed by atoms with Gasteiger partial charge in [-0.25, -0.2) is 13.4 Å². The second kappa shape index (κ2) is 5.59. The quantitative estimate of drug-likeness (QED) is 0.848. The highest BCUT2D eigenvalue weighted by atomic mass is 35.5. The average Bonchev–Trinajstić information content (AvgIpc) is 2.73. The first-order valence-electron chi connectivity index (χ1n) is 7.16. The van der Waals surface area contributed by atoms with Crippen molar-refractivity contribution in [3.8, 4) is 0 Å². The Morgan fingerprint density at radius 3 is 2.81 bits per heavy atom. The number of sulfonamides is 1. The molecular weight excluding hydrogens is 310 g/mol. The minimum absolute atomic E-state index is 0.0354. The van der Waals surface area contributed by atoms with Crippen LogP contribution >= 0.6 is 11.6 Å². The van der Waals surface area contributed by atoms with Crippen molar-refractivity contribution in [1.29, 1.82) is 0 Å². The zero-order valence-electron chi connectivity index (χ0n) is 11.9. The third-order valence-electron chi connectivity index (χ3n) is 4.07. The van der Waals surface area contributed by atoms with E-state index in [1.54, 1.807) is 28.8 Å². The van der Waals surface area contributed by atoms with Crippen LogP contribution in [0.4, 0.5) is 0 Å². The molecular formula is C14H18ClN3O2S. The number of pyridine rings is 1. The maximum Gasteiger partial charge on any atom is 0.262 e. The molecule has 1 fully saturated rings. The summed E-state index contributed by atoms with van der Waals surface area (Å²) in [5, 5.41) is 0.106. The summed E-state index contributed by atoms with van der Waals surface area (Å²) in [7, 11) is -3.63. The lowest BCUT2D eigenvalue weighted by molar-refractivity contribution is 0.249. The molecule has 3 rings (SSSR count). The highest BCUT2D eigenvalue weighted by Crippen LogP contribution is 2.31. The van der Waals surface area contributed by atoms with Crippen LogP contribution in [0.3, 0.4) is 0 Å². The van der Waals surface area contributed by atoms with E-state index in [2.05, 4.69) is 4.98 Å². The van der Waals surface area contributed by atoms with Gasteiger partial charge in [-0.05, 0) is 30.9 Å². The van der Waals surface area contributed by atoms with Crippen LogP contribution in [0.5, 0.6) is 0 Å². The number of fused-ring (bicyclic) bond motifs is 1. The molecule has 0 N–H and O–H groups in total. The third-order valence-corrected chi connectivity index (χ3v) is 6.41. The number of rotatable bonds is 5. The number of hydrogen-bond donors (Lipinski definition) is 0. The van der Waals surface area contributed by atoms with E-state index in [4.69, 9.17) is 11.6 Å². The second-order valence-electron chi connectivity index (χ2n) is 5.39. The van der Waals surface area contributed by atoms with Crippen molar-refractivity contribution in [2.45, 2.75) is 31.2 Å². The van der Waals surface area contributed by atoms with Crippen LogP contribution in [-0.4, -0.2) is 35.2 Å². The maximum absolute atomic E-state index is 12.9. The van der Waals surface area contributed by atoms with Gasteiger partial charge in [0.1, 0.15) is 5.65 Å². The Morgan fingerprint density at radius 1 is 1.43 bits per heavy atom. The smallest absolute Gasteiger partial charge is 0.262 e. The normalized spacial score (nSPS) is 16.5. The lowest BCUT2D eigenvalue weighted by Crippen LogP contribution is -2.37. The molecule has 0 atom stereocenters. The summed E-state index contributed by atoms with van der Waals surface area (Å²) in [6.07, 6.45) is 5.08. The molecule has 7 heteroatoms. The van der Waals surface area contributed by atoms with Crippen LogP contribution in [0.1, 0.15) is 26.2 Å². The number of halogens is 1. The van der Waals surface area contributed by atoms with Crippen LogP contribution in [0.15, 0.2) is 29.4 Å². The van der Waals surface area contributed by atoms with Gasteiger partial charge >= 0.3 is 0 Å². The van der Waals surface area contributed by atoms with Gasteiger partial charge in [-0.3, -0.25) is 4.40 Å². The summed E-state index contributed by atoms with van der Waals surface area (Å²) < 4.78 is 28.9.